The van der Waals surface area contributed by atoms with E-state index < -0.39 is 0 Å². The molecule has 1 aromatic carbocycles. The highest BCUT2D eigenvalue weighted by Crippen LogP contribution is 2.21. The fourth-order valence-corrected chi connectivity index (χ4v) is 3.17. The standard InChI is InChI=1S/C13H19N3OS/c1-9-7-11(3-4-12(9)15-14)13(17)16-5-6-18-8-10(16)2/h3-4,7,10,15H,5-6,8,14H2,1-2H3. The average molecular weight is 265 g/mol. The van der Waals surface area contributed by atoms with Crippen LogP contribution < -0.4 is 11.3 Å². The summed E-state index contributed by atoms with van der Waals surface area (Å²) in [5.74, 6) is 7.56. The lowest BCUT2D eigenvalue weighted by molar-refractivity contribution is 0.0716. The van der Waals surface area contributed by atoms with E-state index in [4.69, 9.17) is 5.84 Å². The van der Waals surface area contributed by atoms with E-state index in [2.05, 4.69) is 12.3 Å². The first-order valence-corrected chi connectivity index (χ1v) is 7.25. The zero-order valence-corrected chi connectivity index (χ0v) is 11.6. The third kappa shape index (κ3) is 2.62. The summed E-state index contributed by atoms with van der Waals surface area (Å²) >= 11 is 1.91. The molecule has 5 heteroatoms. The van der Waals surface area contributed by atoms with Gasteiger partial charge in [-0.25, -0.2) is 0 Å². The normalized spacial score (nSPS) is 19.7. The van der Waals surface area contributed by atoms with Crippen molar-refractivity contribution in [3.8, 4) is 0 Å². The van der Waals surface area contributed by atoms with E-state index >= 15 is 0 Å². The van der Waals surface area contributed by atoms with Crippen LogP contribution in [0.25, 0.3) is 0 Å². The number of nitrogen functional groups attached to an aromatic ring is 1. The number of nitrogens with zero attached hydrogens (tertiary/aromatic N) is 1. The molecule has 1 aromatic rings. The molecule has 1 aliphatic heterocycles. The minimum Gasteiger partial charge on any atom is -0.334 e. The molecule has 98 valence electrons. The number of carbonyl (C=O) groups excluding carboxylic acids is 1. The summed E-state index contributed by atoms with van der Waals surface area (Å²) in [6, 6.07) is 5.89. The number of carbonyl (C=O) groups is 1. The molecule has 2 rings (SSSR count). The van der Waals surface area contributed by atoms with Crippen LogP contribution in [0.1, 0.15) is 22.8 Å². The molecule has 0 spiro atoms. The van der Waals surface area contributed by atoms with Crippen molar-refractivity contribution in [3.05, 3.63) is 29.3 Å². The molecule has 1 fully saturated rings. The number of anilines is 1. The summed E-state index contributed by atoms with van der Waals surface area (Å²) in [7, 11) is 0. The van der Waals surface area contributed by atoms with Gasteiger partial charge in [-0.15, -0.1) is 0 Å². The van der Waals surface area contributed by atoms with Crippen molar-refractivity contribution in [3.63, 3.8) is 0 Å². The molecule has 1 amide bonds. The third-order valence-electron chi connectivity index (χ3n) is 3.26. The predicted octanol–water partition coefficient (Wildman–Crippen LogP) is 1.86. The van der Waals surface area contributed by atoms with Gasteiger partial charge in [0, 0.05) is 29.7 Å². The molecule has 0 saturated carbocycles. The van der Waals surface area contributed by atoms with Crippen LogP contribution in [0.2, 0.25) is 0 Å². The molecule has 0 aliphatic carbocycles. The summed E-state index contributed by atoms with van der Waals surface area (Å²) in [5, 5.41) is 0. The van der Waals surface area contributed by atoms with Crippen molar-refractivity contribution in [2.24, 2.45) is 5.84 Å². The van der Waals surface area contributed by atoms with Crippen molar-refractivity contribution in [1.29, 1.82) is 0 Å². The molecule has 4 nitrogen and oxygen atoms in total. The molecule has 0 radical (unpaired) electrons. The van der Waals surface area contributed by atoms with E-state index in [0.29, 0.717) is 6.04 Å². The number of hydrogen-bond acceptors (Lipinski definition) is 4. The largest absolute Gasteiger partial charge is 0.334 e. The summed E-state index contributed by atoms with van der Waals surface area (Å²) < 4.78 is 0. The molecule has 0 aromatic heterocycles. The van der Waals surface area contributed by atoms with Gasteiger partial charge in [0.2, 0.25) is 0 Å². The molecule has 1 unspecified atom stereocenters. The second-order valence-electron chi connectivity index (χ2n) is 4.60. The second kappa shape index (κ2) is 5.63. The Morgan fingerprint density at radius 1 is 1.56 bits per heavy atom. The monoisotopic (exact) mass is 265 g/mol. The highest BCUT2D eigenvalue weighted by molar-refractivity contribution is 7.99. The number of nitrogens with one attached hydrogen (secondary N) is 1. The smallest absolute Gasteiger partial charge is 0.254 e. The number of aryl methyl sites for hydroxylation is 1. The van der Waals surface area contributed by atoms with Gasteiger partial charge in [0.25, 0.3) is 5.91 Å². The summed E-state index contributed by atoms with van der Waals surface area (Å²) in [6.45, 7) is 4.88. The number of benzene rings is 1. The van der Waals surface area contributed by atoms with Crippen molar-refractivity contribution >= 4 is 23.4 Å². The van der Waals surface area contributed by atoms with Gasteiger partial charge < -0.3 is 10.3 Å². The van der Waals surface area contributed by atoms with Crippen LogP contribution in [-0.4, -0.2) is 34.9 Å². The van der Waals surface area contributed by atoms with Gasteiger partial charge in [-0.05, 0) is 37.6 Å². The van der Waals surface area contributed by atoms with Crippen LogP contribution in [0, 0.1) is 6.92 Å². The van der Waals surface area contributed by atoms with E-state index in [1.807, 2.05) is 41.8 Å². The number of hydrazine groups is 1. The van der Waals surface area contributed by atoms with Crippen LogP contribution in [0.5, 0.6) is 0 Å². The van der Waals surface area contributed by atoms with E-state index in [0.717, 1.165) is 34.9 Å². The zero-order valence-electron chi connectivity index (χ0n) is 10.8. The third-order valence-corrected chi connectivity index (χ3v) is 4.45. The Bertz CT molecular complexity index is 450. The van der Waals surface area contributed by atoms with Gasteiger partial charge in [-0.2, -0.15) is 11.8 Å². The lowest BCUT2D eigenvalue weighted by atomic mass is 10.1. The van der Waals surface area contributed by atoms with E-state index in [9.17, 15) is 4.79 Å². The summed E-state index contributed by atoms with van der Waals surface area (Å²) in [4.78, 5) is 14.4. The van der Waals surface area contributed by atoms with Crippen molar-refractivity contribution in [1.82, 2.24) is 4.90 Å². The quantitative estimate of drug-likeness (QED) is 0.633. The van der Waals surface area contributed by atoms with Gasteiger partial charge in [-0.1, -0.05) is 0 Å². The van der Waals surface area contributed by atoms with E-state index in [-0.39, 0.29) is 5.91 Å². The number of amides is 1. The van der Waals surface area contributed by atoms with Gasteiger partial charge in [0.1, 0.15) is 0 Å². The minimum atomic E-state index is 0.120. The highest BCUT2D eigenvalue weighted by Gasteiger charge is 2.24. The number of rotatable bonds is 2. The SMILES string of the molecule is Cc1cc(C(=O)N2CCSCC2C)ccc1NN. The zero-order chi connectivity index (χ0) is 13.1. The van der Waals surface area contributed by atoms with Crippen molar-refractivity contribution < 1.29 is 4.79 Å². The first kappa shape index (κ1) is 13.2. The average Bonchev–Trinajstić information content (AvgIpc) is 2.38. The second-order valence-corrected chi connectivity index (χ2v) is 5.75. The fourth-order valence-electron chi connectivity index (χ4n) is 2.15. The van der Waals surface area contributed by atoms with Gasteiger partial charge >= 0.3 is 0 Å². The lowest BCUT2D eigenvalue weighted by Gasteiger charge is -2.33. The molecule has 3 N–H and O–H groups in total. The Labute approximate surface area is 112 Å². The summed E-state index contributed by atoms with van der Waals surface area (Å²) in [6.07, 6.45) is 0. The Kier molecular flexibility index (Phi) is 4.14. The summed E-state index contributed by atoms with van der Waals surface area (Å²) in [5.41, 5.74) is 5.21. The van der Waals surface area contributed by atoms with Crippen LogP contribution >= 0.6 is 11.8 Å². The first-order chi connectivity index (χ1) is 8.63. The van der Waals surface area contributed by atoms with Crippen molar-refractivity contribution in [2.75, 3.05) is 23.5 Å². The molecule has 1 saturated heterocycles. The maximum Gasteiger partial charge on any atom is 0.254 e. The maximum absolute atomic E-state index is 12.4. The molecule has 1 heterocycles. The fraction of sp³-hybridized carbons (Fsp3) is 0.462. The number of nitrogens with two attached hydrogens (primary N) is 1. The number of thioether (sulfide) groups is 1. The maximum atomic E-state index is 12.4. The van der Waals surface area contributed by atoms with Crippen molar-refractivity contribution in [2.45, 2.75) is 19.9 Å². The van der Waals surface area contributed by atoms with E-state index in [1.165, 1.54) is 0 Å². The van der Waals surface area contributed by atoms with Crippen LogP contribution in [0.15, 0.2) is 18.2 Å². The highest BCUT2D eigenvalue weighted by atomic mass is 32.2. The van der Waals surface area contributed by atoms with Gasteiger partial charge in [0.15, 0.2) is 0 Å². The minimum absolute atomic E-state index is 0.120. The Balaban J connectivity index is 2.20. The predicted molar refractivity (Wildman–Crippen MR) is 76.8 cm³/mol. The Hall–Kier alpha value is -1.20. The number of hydrogen-bond donors (Lipinski definition) is 2. The first-order valence-electron chi connectivity index (χ1n) is 6.09. The van der Waals surface area contributed by atoms with Gasteiger partial charge in [-0.3, -0.25) is 10.6 Å². The van der Waals surface area contributed by atoms with E-state index in [1.54, 1.807) is 0 Å². The molecule has 1 aliphatic rings. The van der Waals surface area contributed by atoms with Crippen LogP contribution in [0.4, 0.5) is 5.69 Å². The molecular formula is C13H19N3OS. The Morgan fingerprint density at radius 3 is 2.94 bits per heavy atom. The van der Waals surface area contributed by atoms with Crippen LogP contribution in [0.3, 0.4) is 0 Å². The lowest BCUT2D eigenvalue weighted by Crippen LogP contribution is -2.44. The Morgan fingerprint density at radius 2 is 2.33 bits per heavy atom. The molecule has 18 heavy (non-hydrogen) atoms. The van der Waals surface area contributed by atoms with Crippen LogP contribution in [-0.2, 0) is 0 Å². The molecule has 0 bridgehead atoms. The molecule has 1 atom stereocenters. The van der Waals surface area contributed by atoms with Gasteiger partial charge in [0.05, 0.1) is 5.69 Å². The topological polar surface area (TPSA) is 58.4 Å². The molecular weight excluding hydrogens is 246 g/mol.